The van der Waals surface area contributed by atoms with Crippen LogP contribution in [0.15, 0.2) is 12.3 Å². The number of nitriles is 1. The second kappa shape index (κ2) is 15.9. The van der Waals surface area contributed by atoms with Crippen LogP contribution in [0.25, 0.3) is 11.0 Å². The van der Waals surface area contributed by atoms with Crippen molar-refractivity contribution in [3.05, 3.63) is 23.0 Å². The van der Waals surface area contributed by atoms with Crippen molar-refractivity contribution in [2.75, 3.05) is 23.4 Å². The van der Waals surface area contributed by atoms with Crippen LogP contribution in [-0.2, 0) is 42.7 Å². The Morgan fingerprint density at radius 2 is 1.92 bits per heavy atom. The van der Waals surface area contributed by atoms with Gasteiger partial charge in [-0.05, 0) is 25.3 Å². The van der Waals surface area contributed by atoms with Crippen molar-refractivity contribution in [2.24, 2.45) is 0 Å². The van der Waals surface area contributed by atoms with E-state index in [1.165, 1.54) is 17.2 Å². The minimum Gasteiger partial charge on any atom is -0.438 e. The molecule has 49 heavy (non-hydrogen) atoms. The average molecular weight is 749 g/mol. The number of carbonyl (C=O) groups excluding carboxylic acids is 2. The van der Waals surface area contributed by atoms with E-state index in [9.17, 15) is 37.1 Å². The van der Waals surface area contributed by atoms with E-state index < -0.39 is 78.3 Å². The first kappa shape index (κ1) is 37.3. The zero-order valence-electron chi connectivity index (χ0n) is 26.8. The zero-order valence-corrected chi connectivity index (χ0v) is 29.3. The molecular weight excluding hydrogens is 710 g/mol. The van der Waals surface area contributed by atoms with E-state index in [1.807, 2.05) is 6.07 Å². The van der Waals surface area contributed by atoms with Gasteiger partial charge in [-0.1, -0.05) is 57.0 Å². The number of fused-ring (bicyclic) bond motifs is 2. The third-order valence-electron chi connectivity index (χ3n) is 8.62. The summed E-state index contributed by atoms with van der Waals surface area (Å²) in [6.07, 6.45) is 2.23. The van der Waals surface area contributed by atoms with Crippen LogP contribution < -0.4 is 5.32 Å². The molecule has 4 heterocycles. The molecule has 1 aliphatic carbocycles. The molecule has 0 aromatic carbocycles. The summed E-state index contributed by atoms with van der Waals surface area (Å²) in [6, 6.07) is 3.38. The number of anilines is 1. The highest BCUT2D eigenvalue weighted by molar-refractivity contribution is 7.97. The summed E-state index contributed by atoms with van der Waals surface area (Å²) in [4.78, 5) is 38.7. The molecule has 0 radical (unpaired) electrons. The van der Waals surface area contributed by atoms with E-state index in [2.05, 4.69) is 17.2 Å². The van der Waals surface area contributed by atoms with Gasteiger partial charge >= 0.3 is 19.7 Å². The molecule has 5 atom stereocenters. The first-order chi connectivity index (χ1) is 23.3. The second-order valence-electron chi connectivity index (χ2n) is 12.4. The second-order valence-corrected chi connectivity index (χ2v) is 17.2. The Hall–Kier alpha value is -3.00. The number of aromatic nitrogens is 2. The van der Waals surface area contributed by atoms with E-state index in [0.29, 0.717) is 17.5 Å². The molecule has 1 unspecified atom stereocenters. The van der Waals surface area contributed by atoms with E-state index in [4.69, 9.17) is 35.1 Å². The topological polar surface area (TPSA) is 205 Å². The number of rotatable bonds is 18. The Kier molecular flexibility index (Phi) is 12.1. The van der Waals surface area contributed by atoms with Crippen LogP contribution in [0.1, 0.15) is 82.9 Å². The molecule has 0 spiro atoms. The molecule has 5 rings (SSSR count). The number of halogens is 2. The Morgan fingerprint density at radius 3 is 2.61 bits per heavy atom. The molecule has 270 valence electrons. The predicted octanol–water partition coefficient (Wildman–Crippen LogP) is 5.49. The summed E-state index contributed by atoms with van der Waals surface area (Å²) in [5, 5.41) is 13.2. The summed E-state index contributed by atoms with van der Waals surface area (Å²) in [5.74, 6) is -1.48. The summed E-state index contributed by atoms with van der Waals surface area (Å²) in [6.45, 7) is 1.23. The van der Waals surface area contributed by atoms with Crippen LogP contribution in [0.4, 0.5) is 14.9 Å². The fraction of sp³-hybridized carbons (Fsp3) is 0.667. The average Bonchev–Trinajstić information content (AvgIpc) is 3.68. The van der Waals surface area contributed by atoms with Crippen molar-refractivity contribution in [1.82, 2.24) is 9.55 Å². The SMILES string of the molecule is CCCCCCCCCC(=O)OCOP(=O)(O)CS(=O)(=O)C[C@H]1O[C@@H](n2ccc3c(N[C@H]4C[C@@H](F)C4)c(C#N)c(Cl)nc32)[C@@H]2OC(=O)O[C@@H]21. The standard InChI is InChI=1S/C30H39ClFN4O11PS/c1-2-3-4-5-6-7-8-9-23(37)43-16-44-48(39,40)17-49(41,42)15-22-25-26(47-30(38)46-25)29(45-22)36-11-10-20-24(34-19-12-18(32)13-19)21(14-33)27(31)35-28(20)36/h10-11,18-19,22,25-26,29H,2-9,12-13,15-17H2,1H3,(H,34,35)(H,39,40)/t18-,19+,22-,25-,26-,29-/m1/s1. The normalized spacial score (nSPS) is 25.9. The summed E-state index contributed by atoms with van der Waals surface area (Å²) >= 11 is 6.35. The maximum absolute atomic E-state index is 13.5. The Bertz CT molecular complexity index is 1730. The largest absolute Gasteiger partial charge is 0.509 e. The van der Waals surface area contributed by atoms with Crippen LogP contribution in [0.5, 0.6) is 0 Å². The number of sulfone groups is 1. The third kappa shape index (κ3) is 9.22. The van der Waals surface area contributed by atoms with E-state index in [0.717, 1.165) is 32.1 Å². The van der Waals surface area contributed by atoms with Gasteiger partial charge in [-0.15, -0.1) is 0 Å². The smallest absolute Gasteiger partial charge is 0.438 e. The first-order valence-electron chi connectivity index (χ1n) is 16.2. The number of hydrogen-bond donors (Lipinski definition) is 2. The number of alkyl halides is 1. The number of nitrogens with zero attached hydrogens (tertiary/aromatic N) is 3. The highest BCUT2D eigenvalue weighted by Gasteiger charge is 2.56. The lowest BCUT2D eigenvalue weighted by molar-refractivity contribution is -0.150. The van der Waals surface area contributed by atoms with Crippen LogP contribution >= 0.6 is 19.2 Å². The minimum atomic E-state index is -4.79. The lowest BCUT2D eigenvalue weighted by Gasteiger charge is -2.31. The van der Waals surface area contributed by atoms with Gasteiger partial charge in [0.2, 0.25) is 6.79 Å². The molecule has 1 saturated carbocycles. The highest BCUT2D eigenvalue weighted by atomic mass is 35.5. The Morgan fingerprint density at radius 1 is 1.22 bits per heavy atom. The molecule has 2 aromatic rings. The molecule has 19 heteroatoms. The van der Waals surface area contributed by atoms with Gasteiger partial charge in [0, 0.05) is 24.0 Å². The minimum absolute atomic E-state index is 0.0534. The molecule has 2 aliphatic heterocycles. The van der Waals surface area contributed by atoms with Crippen molar-refractivity contribution in [3.63, 3.8) is 0 Å². The summed E-state index contributed by atoms with van der Waals surface area (Å²) < 4.78 is 79.9. The molecule has 15 nitrogen and oxygen atoms in total. The number of carbonyl (C=O) groups is 2. The molecule has 3 aliphatic rings. The lowest BCUT2D eigenvalue weighted by atomic mass is 9.90. The predicted molar refractivity (Wildman–Crippen MR) is 173 cm³/mol. The van der Waals surface area contributed by atoms with Gasteiger partial charge in [0.1, 0.15) is 29.6 Å². The van der Waals surface area contributed by atoms with Crippen LogP contribution in [-0.4, -0.2) is 83.6 Å². The van der Waals surface area contributed by atoms with Crippen molar-refractivity contribution < 1.29 is 55.3 Å². The van der Waals surface area contributed by atoms with E-state index >= 15 is 0 Å². The molecule has 0 bridgehead atoms. The number of unbranched alkanes of at least 4 members (excludes halogenated alkanes) is 6. The fourth-order valence-corrected chi connectivity index (χ4v) is 10.0. The molecule has 2 N–H and O–H groups in total. The van der Waals surface area contributed by atoms with Crippen LogP contribution in [0.2, 0.25) is 5.15 Å². The Labute approximate surface area is 287 Å². The number of hydrogen-bond acceptors (Lipinski definition) is 13. The highest BCUT2D eigenvalue weighted by Crippen LogP contribution is 2.46. The van der Waals surface area contributed by atoms with Crippen LogP contribution in [0.3, 0.4) is 0 Å². The van der Waals surface area contributed by atoms with Gasteiger partial charge in [-0.25, -0.2) is 22.6 Å². The number of ether oxygens (including phenoxy) is 4. The molecule has 2 saturated heterocycles. The van der Waals surface area contributed by atoms with Gasteiger partial charge in [-0.2, -0.15) is 5.26 Å². The van der Waals surface area contributed by atoms with E-state index in [1.54, 1.807) is 6.07 Å². The summed E-state index contributed by atoms with van der Waals surface area (Å²) in [5.41, 5.74) is -0.725. The molecule has 2 aromatic heterocycles. The van der Waals surface area contributed by atoms with Gasteiger partial charge in [0.15, 0.2) is 38.9 Å². The van der Waals surface area contributed by atoms with Crippen LogP contribution in [0, 0.1) is 11.3 Å². The molecule has 3 fully saturated rings. The van der Waals surface area contributed by atoms with Gasteiger partial charge < -0.3 is 33.7 Å². The van der Waals surface area contributed by atoms with Gasteiger partial charge in [0.05, 0.1) is 11.4 Å². The van der Waals surface area contributed by atoms with Gasteiger partial charge in [-0.3, -0.25) is 13.9 Å². The number of pyridine rings is 1. The monoisotopic (exact) mass is 748 g/mol. The number of nitrogens with one attached hydrogen (secondary N) is 1. The maximum atomic E-state index is 13.5. The first-order valence-corrected chi connectivity index (χ1v) is 20.1. The van der Waals surface area contributed by atoms with Gasteiger partial charge in [0.25, 0.3) is 0 Å². The van der Waals surface area contributed by atoms with Crippen molar-refractivity contribution in [3.8, 4) is 6.07 Å². The molecule has 0 amide bonds. The van der Waals surface area contributed by atoms with E-state index in [-0.39, 0.29) is 41.7 Å². The maximum Gasteiger partial charge on any atom is 0.509 e. The van der Waals surface area contributed by atoms with Crippen molar-refractivity contribution in [1.29, 1.82) is 5.26 Å². The Balaban J connectivity index is 1.20. The van der Waals surface area contributed by atoms with Crippen molar-refractivity contribution >= 4 is 57.9 Å². The summed E-state index contributed by atoms with van der Waals surface area (Å²) in [7, 11) is -9.19. The fourth-order valence-electron chi connectivity index (χ4n) is 6.11. The third-order valence-corrected chi connectivity index (χ3v) is 13.1. The quantitative estimate of drug-likeness (QED) is 0.0636. The molecular formula is C30H39ClFN4O11PS. The zero-order chi connectivity index (χ0) is 35.3. The van der Waals surface area contributed by atoms with Crippen molar-refractivity contribution in [2.45, 2.75) is 108 Å². The lowest BCUT2D eigenvalue weighted by Crippen LogP contribution is -2.36. The number of esters is 1.